The van der Waals surface area contributed by atoms with E-state index in [0.717, 1.165) is 12.8 Å². The maximum atomic E-state index is 11.9. The smallest absolute Gasteiger partial charge is 0.221 e. The number of ether oxygens (including phenoxy) is 1. The Bertz CT molecular complexity index is 319. The van der Waals surface area contributed by atoms with Gasteiger partial charge in [-0.25, -0.2) is 0 Å². The number of nitrogens with zero attached hydrogens (tertiary/aromatic N) is 1. The van der Waals surface area contributed by atoms with Crippen LogP contribution in [0.15, 0.2) is 0 Å². The summed E-state index contributed by atoms with van der Waals surface area (Å²) < 4.78 is 5.21. The van der Waals surface area contributed by atoms with Crippen LogP contribution in [0.1, 0.15) is 58.8 Å². The summed E-state index contributed by atoms with van der Waals surface area (Å²) in [6, 6.07) is 2.32. The highest BCUT2D eigenvalue weighted by atomic mass is 16.5. The summed E-state index contributed by atoms with van der Waals surface area (Å²) in [5.41, 5.74) is -0.705. The number of nitriles is 1. The van der Waals surface area contributed by atoms with Crippen LogP contribution in [0.3, 0.4) is 0 Å². The predicted octanol–water partition coefficient (Wildman–Crippen LogP) is 2.78. The molecule has 0 bridgehead atoms. The lowest BCUT2D eigenvalue weighted by molar-refractivity contribution is -0.123. The van der Waals surface area contributed by atoms with Crippen molar-refractivity contribution in [3.63, 3.8) is 0 Å². The van der Waals surface area contributed by atoms with E-state index in [1.165, 1.54) is 19.3 Å². The minimum absolute atomic E-state index is 0.0330. The molecule has 1 atom stereocenters. The first-order chi connectivity index (χ1) is 9.12. The zero-order chi connectivity index (χ0) is 14.1. The second-order valence-corrected chi connectivity index (χ2v) is 5.50. The van der Waals surface area contributed by atoms with Crippen LogP contribution in [0.5, 0.6) is 0 Å². The van der Waals surface area contributed by atoms with Gasteiger partial charge in [0.2, 0.25) is 5.91 Å². The fourth-order valence-corrected chi connectivity index (χ4v) is 2.73. The standard InChI is InChI=1S/C15H26N2O2/c1-3-19-11-7-10-14(18)17-15(2,12-16)13-8-5-4-6-9-13/h13H,3-11H2,1-2H3,(H,17,18)/t15-/m0/s1. The van der Waals surface area contributed by atoms with Crippen LogP contribution >= 0.6 is 0 Å². The molecule has 0 aromatic heterocycles. The third kappa shape index (κ3) is 5.20. The Morgan fingerprint density at radius 3 is 2.68 bits per heavy atom. The SMILES string of the molecule is CCOCCCC(=O)N[C@@](C)(C#N)C1CCCCC1. The third-order valence-corrected chi connectivity index (χ3v) is 3.95. The number of carbonyl (C=O) groups excluding carboxylic acids is 1. The Labute approximate surface area is 116 Å². The summed E-state index contributed by atoms with van der Waals surface area (Å²) >= 11 is 0. The van der Waals surface area contributed by atoms with Gasteiger partial charge in [-0.15, -0.1) is 0 Å². The molecule has 0 aromatic rings. The van der Waals surface area contributed by atoms with Gasteiger partial charge in [-0.05, 0) is 39.0 Å². The van der Waals surface area contributed by atoms with E-state index in [0.29, 0.717) is 32.0 Å². The molecular weight excluding hydrogens is 240 g/mol. The van der Waals surface area contributed by atoms with E-state index in [1.54, 1.807) is 0 Å². The molecule has 0 unspecified atom stereocenters. The number of hydrogen-bond donors (Lipinski definition) is 1. The normalized spacial score (nSPS) is 19.4. The van der Waals surface area contributed by atoms with Crippen molar-refractivity contribution in [2.24, 2.45) is 5.92 Å². The van der Waals surface area contributed by atoms with E-state index in [-0.39, 0.29) is 5.91 Å². The molecule has 0 heterocycles. The molecule has 0 spiro atoms. The average molecular weight is 266 g/mol. The van der Waals surface area contributed by atoms with Crippen molar-refractivity contribution in [3.8, 4) is 6.07 Å². The summed E-state index contributed by atoms with van der Waals surface area (Å²) in [4.78, 5) is 11.9. The van der Waals surface area contributed by atoms with E-state index >= 15 is 0 Å². The van der Waals surface area contributed by atoms with Crippen molar-refractivity contribution in [2.45, 2.75) is 64.3 Å². The predicted molar refractivity (Wildman–Crippen MR) is 74.5 cm³/mol. The van der Waals surface area contributed by atoms with Gasteiger partial charge < -0.3 is 10.1 Å². The molecule has 1 aliphatic carbocycles. The van der Waals surface area contributed by atoms with Gasteiger partial charge in [-0.2, -0.15) is 5.26 Å². The number of rotatable bonds is 7. The largest absolute Gasteiger partial charge is 0.382 e. The van der Waals surface area contributed by atoms with Gasteiger partial charge in [-0.1, -0.05) is 19.3 Å². The molecule has 1 aliphatic rings. The van der Waals surface area contributed by atoms with Crippen molar-refractivity contribution in [3.05, 3.63) is 0 Å². The summed E-state index contributed by atoms with van der Waals surface area (Å²) in [6.45, 7) is 5.09. The lowest BCUT2D eigenvalue weighted by Gasteiger charge is -2.35. The molecule has 1 saturated carbocycles. The van der Waals surface area contributed by atoms with Crippen LogP contribution in [0.4, 0.5) is 0 Å². The molecule has 0 aromatic carbocycles. The number of amides is 1. The van der Waals surface area contributed by atoms with Gasteiger partial charge in [0, 0.05) is 19.6 Å². The number of nitrogens with one attached hydrogen (secondary N) is 1. The summed E-state index contributed by atoms with van der Waals surface area (Å²) in [7, 11) is 0. The third-order valence-electron chi connectivity index (χ3n) is 3.95. The second-order valence-electron chi connectivity index (χ2n) is 5.50. The Morgan fingerprint density at radius 2 is 2.11 bits per heavy atom. The van der Waals surface area contributed by atoms with Crippen molar-refractivity contribution < 1.29 is 9.53 Å². The molecule has 108 valence electrons. The van der Waals surface area contributed by atoms with Crippen LogP contribution in [0.2, 0.25) is 0 Å². The highest BCUT2D eigenvalue weighted by Gasteiger charge is 2.36. The maximum Gasteiger partial charge on any atom is 0.221 e. The van der Waals surface area contributed by atoms with Crippen LogP contribution < -0.4 is 5.32 Å². The Hall–Kier alpha value is -1.08. The van der Waals surface area contributed by atoms with Crippen LogP contribution in [-0.2, 0) is 9.53 Å². The van der Waals surface area contributed by atoms with E-state index in [1.807, 2.05) is 13.8 Å². The van der Waals surface area contributed by atoms with Crippen molar-refractivity contribution in [1.82, 2.24) is 5.32 Å². The molecule has 1 rings (SSSR count). The lowest BCUT2D eigenvalue weighted by Crippen LogP contribution is -2.51. The van der Waals surface area contributed by atoms with Gasteiger partial charge in [0.25, 0.3) is 0 Å². The molecular formula is C15H26N2O2. The minimum atomic E-state index is -0.705. The van der Waals surface area contributed by atoms with Gasteiger partial charge in [-0.3, -0.25) is 4.79 Å². The van der Waals surface area contributed by atoms with Crippen LogP contribution in [-0.4, -0.2) is 24.7 Å². The lowest BCUT2D eigenvalue weighted by atomic mass is 9.76. The topological polar surface area (TPSA) is 62.1 Å². The van der Waals surface area contributed by atoms with Crippen LogP contribution in [0, 0.1) is 17.2 Å². The van der Waals surface area contributed by atoms with Crippen molar-refractivity contribution >= 4 is 5.91 Å². The quantitative estimate of drug-likeness (QED) is 0.721. The Morgan fingerprint density at radius 1 is 1.42 bits per heavy atom. The van der Waals surface area contributed by atoms with Gasteiger partial charge >= 0.3 is 0 Å². The molecule has 1 N–H and O–H groups in total. The molecule has 4 heteroatoms. The van der Waals surface area contributed by atoms with E-state index in [9.17, 15) is 10.1 Å². The van der Waals surface area contributed by atoms with Crippen molar-refractivity contribution in [2.75, 3.05) is 13.2 Å². The average Bonchev–Trinajstić information content (AvgIpc) is 2.44. The zero-order valence-electron chi connectivity index (χ0n) is 12.2. The maximum absolute atomic E-state index is 11.9. The molecule has 1 fully saturated rings. The molecule has 19 heavy (non-hydrogen) atoms. The molecule has 0 radical (unpaired) electrons. The molecule has 0 saturated heterocycles. The first kappa shape index (κ1) is 16.0. The highest BCUT2D eigenvalue weighted by molar-refractivity contribution is 5.77. The number of carbonyl (C=O) groups is 1. The summed E-state index contributed by atoms with van der Waals surface area (Å²) in [6.07, 6.45) is 6.83. The zero-order valence-corrected chi connectivity index (χ0v) is 12.2. The van der Waals surface area contributed by atoms with Gasteiger partial charge in [0.15, 0.2) is 0 Å². The number of hydrogen-bond acceptors (Lipinski definition) is 3. The molecule has 4 nitrogen and oxygen atoms in total. The van der Waals surface area contributed by atoms with E-state index in [4.69, 9.17) is 4.74 Å². The monoisotopic (exact) mass is 266 g/mol. The van der Waals surface area contributed by atoms with Crippen LogP contribution in [0.25, 0.3) is 0 Å². The van der Waals surface area contributed by atoms with E-state index in [2.05, 4.69) is 11.4 Å². The first-order valence-electron chi connectivity index (χ1n) is 7.42. The Kier molecular flexibility index (Phi) is 6.86. The fraction of sp³-hybridized carbons (Fsp3) is 0.867. The fourth-order valence-electron chi connectivity index (χ4n) is 2.73. The van der Waals surface area contributed by atoms with Crippen molar-refractivity contribution in [1.29, 1.82) is 5.26 Å². The molecule has 0 aliphatic heterocycles. The first-order valence-corrected chi connectivity index (χ1v) is 7.42. The highest BCUT2D eigenvalue weighted by Crippen LogP contribution is 2.32. The summed E-state index contributed by atoms with van der Waals surface area (Å²) in [5.74, 6) is 0.261. The van der Waals surface area contributed by atoms with Gasteiger partial charge in [0.1, 0.15) is 5.54 Å². The molecule has 1 amide bonds. The summed E-state index contributed by atoms with van der Waals surface area (Å²) in [5, 5.41) is 12.3. The Balaban J connectivity index is 2.41. The van der Waals surface area contributed by atoms with Gasteiger partial charge in [0.05, 0.1) is 6.07 Å². The second kappa shape index (κ2) is 8.16. The minimum Gasteiger partial charge on any atom is -0.382 e. The van der Waals surface area contributed by atoms with E-state index < -0.39 is 5.54 Å².